The zero-order valence-electron chi connectivity index (χ0n) is 18.1. The van der Waals surface area contributed by atoms with E-state index >= 15 is 0 Å². The maximum atomic E-state index is 14.9. The maximum Gasteiger partial charge on any atom is 0.241 e. The van der Waals surface area contributed by atoms with Gasteiger partial charge in [-0.15, -0.1) is 0 Å². The Balaban J connectivity index is 1.66. The molecule has 1 aromatic rings. The van der Waals surface area contributed by atoms with E-state index in [1.807, 2.05) is 0 Å². The van der Waals surface area contributed by atoms with Crippen molar-refractivity contribution in [3.05, 3.63) is 35.6 Å². The van der Waals surface area contributed by atoms with E-state index in [9.17, 15) is 18.8 Å². The van der Waals surface area contributed by atoms with Gasteiger partial charge < -0.3 is 9.64 Å². The van der Waals surface area contributed by atoms with Crippen molar-refractivity contribution in [1.29, 1.82) is 0 Å². The third-order valence-corrected chi connectivity index (χ3v) is 7.20. The first-order valence-corrected chi connectivity index (χ1v) is 11.4. The van der Waals surface area contributed by atoms with Crippen LogP contribution >= 0.6 is 0 Å². The topological polar surface area (TPSA) is 66.9 Å². The van der Waals surface area contributed by atoms with Crippen molar-refractivity contribution in [2.24, 2.45) is 0 Å². The highest BCUT2D eigenvalue weighted by Gasteiger charge is 2.56. The van der Waals surface area contributed by atoms with Gasteiger partial charge in [0.1, 0.15) is 5.82 Å². The summed E-state index contributed by atoms with van der Waals surface area (Å²) in [5.41, 5.74) is -1.32. The van der Waals surface area contributed by atoms with E-state index in [1.165, 1.54) is 11.0 Å². The van der Waals surface area contributed by atoms with Gasteiger partial charge in [-0.05, 0) is 31.7 Å². The minimum atomic E-state index is -1.48. The molecule has 0 unspecified atom stereocenters. The molecule has 3 aliphatic rings. The Morgan fingerprint density at radius 1 is 1.13 bits per heavy atom. The van der Waals surface area contributed by atoms with Gasteiger partial charge in [0, 0.05) is 44.6 Å². The normalized spacial score (nSPS) is 27.7. The fraction of sp³-hybridized carbons (Fsp3) is 0.625. The van der Waals surface area contributed by atoms with Crippen LogP contribution in [0.25, 0.3) is 0 Å². The number of imide groups is 1. The smallest absolute Gasteiger partial charge is 0.241 e. The fourth-order valence-electron chi connectivity index (χ4n) is 5.49. The number of ether oxygens (including phenoxy) is 1. The van der Waals surface area contributed by atoms with Crippen molar-refractivity contribution in [2.75, 3.05) is 20.2 Å². The molecule has 7 heteroatoms. The summed E-state index contributed by atoms with van der Waals surface area (Å²) in [6, 6.07) is 5.91. The van der Waals surface area contributed by atoms with E-state index in [2.05, 4.69) is 0 Å². The second kappa shape index (κ2) is 9.07. The van der Waals surface area contributed by atoms with Gasteiger partial charge >= 0.3 is 0 Å². The molecule has 0 spiro atoms. The van der Waals surface area contributed by atoms with E-state index in [0.29, 0.717) is 13.1 Å². The minimum Gasteiger partial charge on any atom is -0.380 e. The molecule has 2 atom stereocenters. The summed E-state index contributed by atoms with van der Waals surface area (Å²) >= 11 is 0. The van der Waals surface area contributed by atoms with Gasteiger partial charge in [-0.25, -0.2) is 4.39 Å². The first-order valence-electron chi connectivity index (χ1n) is 11.4. The van der Waals surface area contributed by atoms with E-state index in [0.717, 1.165) is 44.9 Å². The number of methoxy groups -OCH3 is 1. The summed E-state index contributed by atoms with van der Waals surface area (Å²) in [4.78, 5) is 43.2. The molecule has 0 bridgehead atoms. The van der Waals surface area contributed by atoms with Crippen LogP contribution in [0.5, 0.6) is 0 Å². The SMILES string of the molecule is CO[C@H]1CCCN(C(=O)C[C@@]2(c3ccccc3F)CC(=O)N(C3CCCCC3)C2=O)C1. The van der Waals surface area contributed by atoms with Crippen LogP contribution in [-0.2, 0) is 24.5 Å². The van der Waals surface area contributed by atoms with Crippen LogP contribution in [0.4, 0.5) is 4.39 Å². The number of carbonyl (C=O) groups excluding carboxylic acids is 3. The van der Waals surface area contributed by atoms with Crippen molar-refractivity contribution < 1.29 is 23.5 Å². The Morgan fingerprint density at radius 2 is 1.87 bits per heavy atom. The van der Waals surface area contributed by atoms with Crippen LogP contribution in [-0.4, -0.2) is 59.9 Å². The van der Waals surface area contributed by atoms with Gasteiger partial charge in [0.25, 0.3) is 0 Å². The van der Waals surface area contributed by atoms with E-state index < -0.39 is 17.1 Å². The first-order chi connectivity index (χ1) is 15.0. The molecule has 3 amide bonds. The fourth-order valence-corrected chi connectivity index (χ4v) is 5.49. The first kappa shape index (κ1) is 21.9. The highest BCUT2D eigenvalue weighted by molar-refractivity contribution is 6.11. The van der Waals surface area contributed by atoms with Crippen molar-refractivity contribution in [2.45, 2.75) is 75.3 Å². The van der Waals surface area contributed by atoms with E-state index in [-0.39, 0.29) is 42.4 Å². The lowest BCUT2D eigenvalue weighted by atomic mass is 9.75. The predicted molar refractivity (Wildman–Crippen MR) is 113 cm³/mol. The summed E-state index contributed by atoms with van der Waals surface area (Å²) in [5.74, 6) is -1.48. The average Bonchev–Trinajstić information content (AvgIpc) is 3.04. The second-order valence-electron chi connectivity index (χ2n) is 9.12. The standard InChI is InChI=1S/C24H31FN2O4/c1-31-18-10-7-13-26(16-18)21(28)14-24(19-11-5-6-12-20(19)25)15-22(29)27(23(24)30)17-8-3-2-4-9-17/h5-6,11-12,17-18H,2-4,7-10,13-16H2,1H3/t18-,24-/m0/s1. The van der Waals surface area contributed by atoms with Crippen LogP contribution in [0.15, 0.2) is 24.3 Å². The molecular formula is C24H31FN2O4. The highest BCUT2D eigenvalue weighted by atomic mass is 19.1. The third kappa shape index (κ3) is 4.12. The molecule has 31 heavy (non-hydrogen) atoms. The molecule has 3 fully saturated rings. The zero-order valence-corrected chi connectivity index (χ0v) is 18.1. The molecule has 1 aromatic carbocycles. The molecule has 168 valence electrons. The number of halogens is 1. The van der Waals surface area contributed by atoms with Crippen molar-refractivity contribution in [3.8, 4) is 0 Å². The molecule has 1 aliphatic carbocycles. The predicted octanol–water partition coefficient (Wildman–Crippen LogP) is 3.18. The summed E-state index contributed by atoms with van der Waals surface area (Å²) in [6.07, 6.45) is 5.90. The number of nitrogens with zero attached hydrogens (tertiary/aromatic N) is 2. The van der Waals surface area contributed by atoms with Crippen molar-refractivity contribution in [3.63, 3.8) is 0 Å². The van der Waals surface area contributed by atoms with Crippen LogP contribution in [0.1, 0.15) is 63.4 Å². The van der Waals surface area contributed by atoms with Gasteiger partial charge in [0.2, 0.25) is 17.7 Å². The molecule has 1 saturated carbocycles. The Kier molecular flexibility index (Phi) is 6.42. The molecule has 2 aliphatic heterocycles. The molecule has 4 rings (SSSR count). The molecule has 0 N–H and O–H groups in total. The Morgan fingerprint density at radius 3 is 2.58 bits per heavy atom. The van der Waals surface area contributed by atoms with Gasteiger partial charge in [-0.3, -0.25) is 19.3 Å². The minimum absolute atomic E-state index is 0.0400. The third-order valence-electron chi connectivity index (χ3n) is 7.20. The van der Waals surface area contributed by atoms with Crippen LogP contribution in [0.2, 0.25) is 0 Å². The zero-order chi connectivity index (χ0) is 22.0. The van der Waals surface area contributed by atoms with Gasteiger partial charge in [0.05, 0.1) is 11.5 Å². The molecule has 0 aromatic heterocycles. The number of hydrogen-bond donors (Lipinski definition) is 0. The van der Waals surface area contributed by atoms with E-state index in [1.54, 1.807) is 30.2 Å². The van der Waals surface area contributed by atoms with Crippen molar-refractivity contribution in [1.82, 2.24) is 9.80 Å². The molecule has 2 saturated heterocycles. The maximum absolute atomic E-state index is 14.9. The number of rotatable bonds is 5. The summed E-state index contributed by atoms with van der Waals surface area (Å²) in [5, 5.41) is 0. The highest BCUT2D eigenvalue weighted by Crippen LogP contribution is 2.43. The largest absolute Gasteiger partial charge is 0.380 e. The van der Waals surface area contributed by atoms with Crippen LogP contribution in [0.3, 0.4) is 0 Å². The lowest BCUT2D eigenvalue weighted by molar-refractivity contribution is -0.146. The summed E-state index contributed by atoms with van der Waals surface area (Å²) in [6.45, 7) is 1.04. The Labute approximate surface area is 182 Å². The number of likely N-dealkylation sites (tertiary alicyclic amines) is 2. The second-order valence-corrected chi connectivity index (χ2v) is 9.12. The lowest BCUT2D eigenvalue weighted by Crippen LogP contribution is -2.49. The van der Waals surface area contributed by atoms with Crippen molar-refractivity contribution >= 4 is 17.7 Å². The van der Waals surface area contributed by atoms with Gasteiger partial charge in [-0.1, -0.05) is 37.5 Å². The van der Waals surface area contributed by atoms with Crippen LogP contribution < -0.4 is 0 Å². The summed E-state index contributed by atoms with van der Waals surface area (Å²) in [7, 11) is 1.63. The van der Waals surface area contributed by atoms with Gasteiger partial charge in [0.15, 0.2) is 0 Å². The lowest BCUT2D eigenvalue weighted by Gasteiger charge is -2.36. The molecule has 6 nitrogen and oxygen atoms in total. The average molecular weight is 431 g/mol. The number of piperidine rings is 1. The van der Waals surface area contributed by atoms with E-state index in [4.69, 9.17) is 4.74 Å². The quantitative estimate of drug-likeness (QED) is 0.673. The molecule has 2 heterocycles. The number of benzene rings is 1. The molecule has 0 radical (unpaired) electrons. The molecular weight excluding hydrogens is 399 g/mol. The number of amides is 3. The Bertz CT molecular complexity index is 854. The summed E-state index contributed by atoms with van der Waals surface area (Å²) < 4.78 is 20.4. The Hall–Kier alpha value is -2.28. The van der Waals surface area contributed by atoms with Gasteiger partial charge in [-0.2, -0.15) is 0 Å². The van der Waals surface area contributed by atoms with Crippen LogP contribution in [0, 0.1) is 5.82 Å². The number of carbonyl (C=O) groups is 3. The number of hydrogen-bond acceptors (Lipinski definition) is 4. The monoisotopic (exact) mass is 430 g/mol.